The van der Waals surface area contributed by atoms with Crippen molar-refractivity contribution in [1.82, 2.24) is 9.97 Å². The van der Waals surface area contributed by atoms with Crippen molar-refractivity contribution in [2.75, 3.05) is 6.61 Å². The minimum atomic E-state index is 0.314. The van der Waals surface area contributed by atoms with Crippen LogP contribution in [-0.2, 0) is 6.42 Å². The molecule has 3 nitrogen and oxygen atoms in total. The summed E-state index contributed by atoms with van der Waals surface area (Å²) < 4.78 is 0. The monoisotopic (exact) mass is 180 g/mol. The van der Waals surface area contributed by atoms with E-state index in [-0.39, 0.29) is 0 Å². The first-order chi connectivity index (χ1) is 6.43. The van der Waals surface area contributed by atoms with Gasteiger partial charge in [0.15, 0.2) is 0 Å². The molecule has 1 heterocycles. The number of rotatable bonds is 6. The molecular formula is C10H16N2O. The highest BCUT2D eigenvalue weighted by Crippen LogP contribution is 2.05. The van der Waals surface area contributed by atoms with Gasteiger partial charge in [-0.3, -0.25) is 0 Å². The Bertz CT molecular complexity index is 213. The maximum Gasteiger partial charge on any atom is 0.115 e. The van der Waals surface area contributed by atoms with Crippen molar-refractivity contribution in [2.24, 2.45) is 0 Å². The molecule has 0 aromatic carbocycles. The minimum absolute atomic E-state index is 0.314. The molecule has 0 atom stereocenters. The first-order valence-electron chi connectivity index (χ1n) is 4.78. The lowest BCUT2D eigenvalue weighted by Gasteiger charge is -1.99. The van der Waals surface area contributed by atoms with Gasteiger partial charge in [-0.15, -0.1) is 0 Å². The van der Waals surface area contributed by atoms with Crippen molar-refractivity contribution >= 4 is 0 Å². The summed E-state index contributed by atoms with van der Waals surface area (Å²) in [6.07, 6.45) is 10.7. The molecule has 0 saturated carbocycles. The standard InChI is InChI=1S/C10H16N2O/c13-6-4-2-1-3-5-10-7-11-9-12-8-10/h7-9,13H,1-6H2. The fourth-order valence-corrected chi connectivity index (χ4v) is 1.25. The molecule has 3 heteroatoms. The summed E-state index contributed by atoms with van der Waals surface area (Å²) in [7, 11) is 0. The molecule has 0 bridgehead atoms. The van der Waals surface area contributed by atoms with Gasteiger partial charge in [0.25, 0.3) is 0 Å². The minimum Gasteiger partial charge on any atom is -0.396 e. The van der Waals surface area contributed by atoms with Crippen LogP contribution in [-0.4, -0.2) is 21.7 Å². The summed E-state index contributed by atoms with van der Waals surface area (Å²) in [6.45, 7) is 0.314. The van der Waals surface area contributed by atoms with Crippen molar-refractivity contribution in [3.05, 3.63) is 24.3 Å². The van der Waals surface area contributed by atoms with Crippen molar-refractivity contribution < 1.29 is 5.11 Å². The van der Waals surface area contributed by atoms with Gasteiger partial charge in [0, 0.05) is 19.0 Å². The largest absolute Gasteiger partial charge is 0.396 e. The van der Waals surface area contributed by atoms with Crippen LogP contribution in [0.5, 0.6) is 0 Å². The Morgan fingerprint density at radius 3 is 2.38 bits per heavy atom. The van der Waals surface area contributed by atoms with E-state index < -0.39 is 0 Å². The van der Waals surface area contributed by atoms with Crippen LogP contribution in [0.25, 0.3) is 0 Å². The van der Waals surface area contributed by atoms with E-state index in [1.165, 1.54) is 12.0 Å². The quantitative estimate of drug-likeness (QED) is 0.676. The van der Waals surface area contributed by atoms with Crippen molar-refractivity contribution in [3.63, 3.8) is 0 Å². The van der Waals surface area contributed by atoms with Gasteiger partial charge < -0.3 is 5.11 Å². The summed E-state index contributed by atoms with van der Waals surface area (Å²) in [5.74, 6) is 0. The van der Waals surface area contributed by atoms with E-state index in [0.717, 1.165) is 25.7 Å². The predicted octanol–water partition coefficient (Wildman–Crippen LogP) is 1.57. The van der Waals surface area contributed by atoms with Crippen LogP contribution in [0.4, 0.5) is 0 Å². The van der Waals surface area contributed by atoms with E-state index in [2.05, 4.69) is 9.97 Å². The van der Waals surface area contributed by atoms with Gasteiger partial charge in [-0.05, 0) is 24.8 Å². The van der Waals surface area contributed by atoms with E-state index in [4.69, 9.17) is 5.11 Å². The van der Waals surface area contributed by atoms with Crippen LogP contribution in [0.1, 0.15) is 31.2 Å². The maximum atomic E-state index is 8.56. The third-order valence-electron chi connectivity index (χ3n) is 1.99. The number of hydrogen-bond acceptors (Lipinski definition) is 3. The van der Waals surface area contributed by atoms with E-state index in [1.807, 2.05) is 12.4 Å². The molecule has 0 fully saturated rings. The molecule has 13 heavy (non-hydrogen) atoms. The van der Waals surface area contributed by atoms with Crippen LogP contribution >= 0.6 is 0 Å². The summed E-state index contributed by atoms with van der Waals surface area (Å²) in [6, 6.07) is 0. The van der Waals surface area contributed by atoms with Crippen molar-refractivity contribution in [3.8, 4) is 0 Å². The Morgan fingerprint density at radius 1 is 1.00 bits per heavy atom. The van der Waals surface area contributed by atoms with Crippen molar-refractivity contribution in [2.45, 2.75) is 32.1 Å². The number of aryl methyl sites for hydroxylation is 1. The van der Waals surface area contributed by atoms with Crippen molar-refractivity contribution in [1.29, 1.82) is 0 Å². The van der Waals surface area contributed by atoms with Crippen LogP contribution in [0.2, 0.25) is 0 Å². The molecule has 0 spiro atoms. The molecule has 0 unspecified atom stereocenters. The number of aliphatic hydroxyl groups is 1. The molecule has 0 saturated heterocycles. The van der Waals surface area contributed by atoms with Gasteiger partial charge in [-0.2, -0.15) is 0 Å². The van der Waals surface area contributed by atoms with Gasteiger partial charge >= 0.3 is 0 Å². The fourth-order valence-electron chi connectivity index (χ4n) is 1.25. The number of unbranched alkanes of at least 4 members (excludes halogenated alkanes) is 3. The maximum absolute atomic E-state index is 8.56. The SMILES string of the molecule is OCCCCCCc1cncnc1. The van der Waals surface area contributed by atoms with E-state index in [9.17, 15) is 0 Å². The molecular weight excluding hydrogens is 164 g/mol. The molecule has 72 valence electrons. The lowest BCUT2D eigenvalue weighted by atomic mass is 10.1. The lowest BCUT2D eigenvalue weighted by Crippen LogP contribution is -1.89. The zero-order valence-corrected chi connectivity index (χ0v) is 7.82. The molecule has 1 rings (SSSR count). The molecule has 1 N–H and O–H groups in total. The van der Waals surface area contributed by atoms with Crippen LogP contribution < -0.4 is 0 Å². The van der Waals surface area contributed by atoms with E-state index in [1.54, 1.807) is 6.33 Å². The second-order valence-electron chi connectivity index (χ2n) is 3.13. The highest BCUT2D eigenvalue weighted by Gasteiger charge is 1.93. The normalized spacial score (nSPS) is 10.2. The van der Waals surface area contributed by atoms with Crippen LogP contribution in [0.3, 0.4) is 0 Å². The summed E-state index contributed by atoms with van der Waals surface area (Å²) in [5.41, 5.74) is 1.20. The molecule has 1 aromatic rings. The number of aromatic nitrogens is 2. The molecule has 0 aliphatic rings. The molecule has 0 amide bonds. The van der Waals surface area contributed by atoms with E-state index in [0.29, 0.717) is 6.61 Å². The Hall–Kier alpha value is -0.960. The highest BCUT2D eigenvalue weighted by atomic mass is 16.2. The molecule has 0 radical (unpaired) electrons. The number of aliphatic hydroxyl groups excluding tert-OH is 1. The second-order valence-corrected chi connectivity index (χ2v) is 3.13. The lowest BCUT2D eigenvalue weighted by molar-refractivity contribution is 0.282. The Kier molecular flexibility index (Phi) is 5.10. The first-order valence-corrected chi connectivity index (χ1v) is 4.78. The average Bonchev–Trinajstić information content (AvgIpc) is 2.19. The summed E-state index contributed by atoms with van der Waals surface area (Å²) in [5, 5.41) is 8.56. The average molecular weight is 180 g/mol. The Labute approximate surface area is 78.9 Å². The smallest absolute Gasteiger partial charge is 0.115 e. The molecule has 0 aliphatic heterocycles. The van der Waals surface area contributed by atoms with Gasteiger partial charge in [-0.25, -0.2) is 9.97 Å². The number of nitrogens with zero attached hydrogens (tertiary/aromatic N) is 2. The Morgan fingerprint density at radius 2 is 1.69 bits per heavy atom. The van der Waals surface area contributed by atoms with Gasteiger partial charge in [-0.1, -0.05) is 12.8 Å². The van der Waals surface area contributed by atoms with Crippen LogP contribution in [0, 0.1) is 0 Å². The number of hydrogen-bond donors (Lipinski definition) is 1. The fraction of sp³-hybridized carbons (Fsp3) is 0.600. The predicted molar refractivity (Wildman–Crippen MR) is 51.3 cm³/mol. The van der Waals surface area contributed by atoms with Gasteiger partial charge in [0.2, 0.25) is 0 Å². The van der Waals surface area contributed by atoms with Crippen LogP contribution in [0.15, 0.2) is 18.7 Å². The van der Waals surface area contributed by atoms with Gasteiger partial charge in [0.1, 0.15) is 6.33 Å². The third-order valence-corrected chi connectivity index (χ3v) is 1.99. The topological polar surface area (TPSA) is 46.0 Å². The Balaban J connectivity index is 2.07. The summed E-state index contributed by atoms with van der Waals surface area (Å²) in [4.78, 5) is 7.90. The molecule has 0 aliphatic carbocycles. The highest BCUT2D eigenvalue weighted by molar-refractivity contribution is 5.01. The van der Waals surface area contributed by atoms with E-state index >= 15 is 0 Å². The molecule has 1 aromatic heterocycles. The summed E-state index contributed by atoms with van der Waals surface area (Å²) >= 11 is 0. The van der Waals surface area contributed by atoms with Gasteiger partial charge in [0.05, 0.1) is 0 Å². The second kappa shape index (κ2) is 6.54. The zero-order chi connectivity index (χ0) is 9.36. The third kappa shape index (κ3) is 4.58. The zero-order valence-electron chi connectivity index (χ0n) is 7.82. The first kappa shape index (κ1) is 10.1.